The van der Waals surface area contributed by atoms with Crippen molar-refractivity contribution in [3.8, 4) is 0 Å². The van der Waals surface area contributed by atoms with Crippen LogP contribution in [0.3, 0.4) is 0 Å². The van der Waals surface area contributed by atoms with Crippen LogP contribution in [0.5, 0.6) is 0 Å². The summed E-state index contributed by atoms with van der Waals surface area (Å²) in [5.74, 6) is -0.830. The average molecular weight is 336 g/mol. The molecule has 1 aromatic heterocycles. The monoisotopic (exact) mass is 335 g/mol. The number of hydrogen-bond acceptors (Lipinski definition) is 6. The maximum Gasteiger partial charge on any atom is 0.413 e. The molecule has 7 nitrogen and oxygen atoms in total. The molecule has 1 amide bonds. The van der Waals surface area contributed by atoms with Gasteiger partial charge in [0, 0.05) is 0 Å². The molecular formula is C15H14ClN3O4. The van der Waals surface area contributed by atoms with Crippen molar-refractivity contribution in [1.29, 1.82) is 0 Å². The van der Waals surface area contributed by atoms with Gasteiger partial charge in [0.25, 0.3) is 0 Å². The lowest BCUT2D eigenvalue weighted by Crippen LogP contribution is -2.19. The minimum Gasteiger partial charge on any atom is -0.461 e. The van der Waals surface area contributed by atoms with Crippen molar-refractivity contribution in [3.05, 3.63) is 52.9 Å². The summed E-state index contributed by atoms with van der Waals surface area (Å²) in [6.07, 6.45) is 0.407. The van der Waals surface area contributed by atoms with Crippen LogP contribution in [-0.2, 0) is 16.1 Å². The number of nitrogens with zero attached hydrogens (tertiary/aromatic N) is 2. The van der Waals surface area contributed by atoms with Crippen molar-refractivity contribution >= 4 is 29.5 Å². The lowest BCUT2D eigenvalue weighted by Gasteiger charge is -2.09. The van der Waals surface area contributed by atoms with Crippen LogP contribution in [0.2, 0.25) is 5.15 Å². The number of ether oxygens (including phenoxy) is 2. The zero-order chi connectivity index (χ0) is 16.7. The Bertz CT molecular complexity index is 694. The number of carbonyl (C=O) groups excluding carboxylic acids is 2. The summed E-state index contributed by atoms with van der Waals surface area (Å²) in [5.41, 5.74) is 0.679. The van der Waals surface area contributed by atoms with E-state index in [4.69, 9.17) is 21.1 Å². The Morgan fingerprint density at radius 3 is 2.65 bits per heavy atom. The van der Waals surface area contributed by atoms with E-state index < -0.39 is 12.1 Å². The molecule has 2 rings (SSSR count). The summed E-state index contributed by atoms with van der Waals surface area (Å²) in [4.78, 5) is 31.3. The number of amides is 1. The quantitative estimate of drug-likeness (QED) is 0.844. The molecule has 120 valence electrons. The van der Waals surface area contributed by atoms with E-state index in [0.29, 0.717) is 0 Å². The van der Waals surface area contributed by atoms with Gasteiger partial charge in [-0.15, -0.1) is 0 Å². The standard InChI is InChI=1S/C15H14ClN3O4/c1-2-22-14(20)12-13(18-11(16)8-17-12)19-15(21)23-9-10-6-4-3-5-7-10/h3-8H,2,9H2,1H3,(H,18,19,21). The molecule has 2 aromatic rings. The number of rotatable bonds is 5. The largest absolute Gasteiger partial charge is 0.461 e. The fourth-order valence-corrected chi connectivity index (χ4v) is 1.79. The van der Waals surface area contributed by atoms with E-state index in [1.165, 1.54) is 6.20 Å². The Hall–Kier alpha value is -2.67. The number of nitrogens with one attached hydrogen (secondary N) is 1. The molecule has 0 radical (unpaired) electrons. The number of hydrogen-bond donors (Lipinski definition) is 1. The fraction of sp³-hybridized carbons (Fsp3) is 0.200. The van der Waals surface area contributed by atoms with Gasteiger partial charge in [0.1, 0.15) is 11.8 Å². The topological polar surface area (TPSA) is 90.4 Å². The van der Waals surface area contributed by atoms with Gasteiger partial charge < -0.3 is 9.47 Å². The van der Waals surface area contributed by atoms with Crippen LogP contribution in [0.1, 0.15) is 23.0 Å². The van der Waals surface area contributed by atoms with Crippen molar-refractivity contribution in [1.82, 2.24) is 9.97 Å². The molecule has 0 aliphatic rings. The van der Waals surface area contributed by atoms with Gasteiger partial charge in [-0.25, -0.2) is 19.6 Å². The molecule has 0 saturated heterocycles. The molecule has 1 heterocycles. The summed E-state index contributed by atoms with van der Waals surface area (Å²) in [5, 5.41) is 2.37. The predicted molar refractivity (Wildman–Crippen MR) is 83.2 cm³/mol. The van der Waals surface area contributed by atoms with Crippen LogP contribution in [0, 0.1) is 0 Å². The summed E-state index contributed by atoms with van der Waals surface area (Å²) in [6, 6.07) is 9.15. The minimum atomic E-state index is -0.782. The number of aromatic nitrogens is 2. The third kappa shape index (κ3) is 4.93. The maximum atomic E-state index is 11.8. The van der Waals surface area contributed by atoms with E-state index in [9.17, 15) is 9.59 Å². The van der Waals surface area contributed by atoms with Gasteiger partial charge in [-0.1, -0.05) is 41.9 Å². The van der Waals surface area contributed by atoms with Crippen molar-refractivity contribution in [2.45, 2.75) is 13.5 Å². The van der Waals surface area contributed by atoms with E-state index in [2.05, 4.69) is 15.3 Å². The van der Waals surface area contributed by atoms with Crippen LogP contribution < -0.4 is 5.32 Å². The lowest BCUT2D eigenvalue weighted by molar-refractivity contribution is 0.0520. The first-order chi connectivity index (χ1) is 11.1. The van der Waals surface area contributed by atoms with Crippen molar-refractivity contribution in [2.24, 2.45) is 0 Å². The van der Waals surface area contributed by atoms with Crippen LogP contribution in [-0.4, -0.2) is 28.6 Å². The molecule has 23 heavy (non-hydrogen) atoms. The Balaban J connectivity index is 2.04. The average Bonchev–Trinajstić information content (AvgIpc) is 2.54. The summed E-state index contributed by atoms with van der Waals surface area (Å²) >= 11 is 5.74. The number of benzene rings is 1. The molecular weight excluding hydrogens is 322 g/mol. The minimum absolute atomic E-state index is 0.0245. The molecule has 1 aromatic carbocycles. The SMILES string of the molecule is CCOC(=O)c1ncc(Cl)nc1NC(=O)OCc1ccccc1. The molecule has 0 bridgehead atoms. The number of esters is 1. The predicted octanol–water partition coefficient (Wildman–Crippen LogP) is 3.06. The summed E-state index contributed by atoms with van der Waals surface area (Å²) in [7, 11) is 0. The Morgan fingerprint density at radius 1 is 1.22 bits per heavy atom. The van der Waals surface area contributed by atoms with Crippen LogP contribution in [0.4, 0.5) is 10.6 Å². The first kappa shape index (κ1) is 16.7. The molecule has 0 saturated carbocycles. The zero-order valence-electron chi connectivity index (χ0n) is 12.3. The molecule has 0 atom stereocenters. The first-order valence-electron chi connectivity index (χ1n) is 6.77. The molecule has 0 unspecified atom stereocenters. The fourth-order valence-electron chi connectivity index (χ4n) is 1.66. The molecule has 0 spiro atoms. The highest BCUT2D eigenvalue weighted by Crippen LogP contribution is 2.15. The second kappa shape index (κ2) is 8.09. The normalized spacial score (nSPS) is 10.0. The highest BCUT2D eigenvalue weighted by atomic mass is 35.5. The second-order valence-corrected chi connectivity index (χ2v) is 4.68. The van der Waals surface area contributed by atoms with Gasteiger partial charge in [-0.2, -0.15) is 0 Å². The van der Waals surface area contributed by atoms with Gasteiger partial charge in [-0.05, 0) is 12.5 Å². The molecule has 1 N–H and O–H groups in total. The third-order valence-electron chi connectivity index (χ3n) is 2.65. The highest BCUT2D eigenvalue weighted by Gasteiger charge is 2.19. The Morgan fingerprint density at radius 2 is 1.96 bits per heavy atom. The van der Waals surface area contributed by atoms with Gasteiger partial charge in [-0.3, -0.25) is 5.32 Å². The number of carbonyl (C=O) groups is 2. The van der Waals surface area contributed by atoms with E-state index >= 15 is 0 Å². The number of anilines is 1. The zero-order valence-corrected chi connectivity index (χ0v) is 13.0. The molecule has 0 aliphatic heterocycles. The van der Waals surface area contributed by atoms with E-state index in [1.807, 2.05) is 30.3 Å². The van der Waals surface area contributed by atoms with E-state index in [-0.39, 0.29) is 29.9 Å². The lowest BCUT2D eigenvalue weighted by atomic mass is 10.2. The van der Waals surface area contributed by atoms with Crippen molar-refractivity contribution in [2.75, 3.05) is 11.9 Å². The summed E-state index contributed by atoms with van der Waals surface area (Å²) < 4.78 is 9.90. The maximum absolute atomic E-state index is 11.8. The first-order valence-corrected chi connectivity index (χ1v) is 7.15. The van der Waals surface area contributed by atoms with Gasteiger partial charge in [0.05, 0.1) is 12.8 Å². The number of halogens is 1. The summed E-state index contributed by atoms with van der Waals surface area (Å²) in [6.45, 7) is 1.90. The Kier molecular flexibility index (Phi) is 5.87. The van der Waals surface area contributed by atoms with Gasteiger partial charge in [0.2, 0.25) is 0 Å². The van der Waals surface area contributed by atoms with Gasteiger partial charge >= 0.3 is 12.1 Å². The van der Waals surface area contributed by atoms with Crippen LogP contribution in [0.15, 0.2) is 36.5 Å². The Labute approximate surface area is 137 Å². The van der Waals surface area contributed by atoms with Crippen LogP contribution in [0.25, 0.3) is 0 Å². The van der Waals surface area contributed by atoms with Crippen molar-refractivity contribution < 1.29 is 19.1 Å². The highest BCUT2D eigenvalue weighted by molar-refractivity contribution is 6.29. The van der Waals surface area contributed by atoms with Crippen LogP contribution >= 0.6 is 11.6 Å². The molecule has 8 heteroatoms. The smallest absolute Gasteiger partial charge is 0.413 e. The van der Waals surface area contributed by atoms with Gasteiger partial charge in [0.15, 0.2) is 11.5 Å². The van der Waals surface area contributed by atoms with Crippen molar-refractivity contribution in [3.63, 3.8) is 0 Å². The molecule has 0 aliphatic carbocycles. The molecule has 0 fully saturated rings. The van der Waals surface area contributed by atoms with E-state index in [1.54, 1.807) is 6.92 Å². The second-order valence-electron chi connectivity index (χ2n) is 4.30. The third-order valence-corrected chi connectivity index (χ3v) is 2.83. The van der Waals surface area contributed by atoms with E-state index in [0.717, 1.165) is 5.56 Å².